The molecule has 4 rings (SSSR count). The van der Waals surface area contributed by atoms with Crippen molar-refractivity contribution in [2.45, 2.75) is 20.2 Å². The Hall–Kier alpha value is -1.71. The van der Waals surface area contributed by atoms with Crippen LogP contribution in [0, 0.1) is 0 Å². The summed E-state index contributed by atoms with van der Waals surface area (Å²) in [5.74, 6) is 1.18. The van der Waals surface area contributed by atoms with Crippen molar-refractivity contribution in [2.75, 3.05) is 0 Å². The van der Waals surface area contributed by atoms with Crippen molar-refractivity contribution in [1.82, 2.24) is 10.2 Å². The molecule has 0 amide bonds. The minimum atomic E-state index is -0.455. The Kier molecular flexibility index (Phi) is 6.36. The molecule has 0 atom stereocenters. The lowest BCUT2D eigenvalue weighted by Crippen LogP contribution is -1.99. The van der Waals surface area contributed by atoms with Gasteiger partial charge in [-0.2, -0.15) is 0 Å². The molecule has 2 aromatic heterocycles. The van der Waals surface area contributed by atoms with Gasteiger partial charge in [-0.15, -0.1) is 10.2 Å². The number of benzene rings is 2. The molecule has 1 N–H and O–H groups in total. The first-order chi connectivity index (χ1) is 14.0. The van der Waals surface area contributed by atoms with E-state index >= 15 is 0 Å². The predicted molar refractivity (Wildman–Crippen MR) is 120 cm³/mol. The van der Waals surface area contributed by atoms with Crippen LogP contribution in [0.3, 0.4) is 0 Å². The summed E-state index contributed by atoms with van der Waals surface area (Å²) in [6.07, 6.45) is 0. The van der Waals surface area contributed by atoms with Crippen LogP contribution < -0.4 is 5.63 Å². The van der Waals surface area contributed by atoms with Crippen LogP contribution in [0.1, 0.15) is 11.1 Å². The second-order valence-electron chi connectivity index (χ2n) is 5.88. The van der Waals surface area contributed by atoms with Crippen molar-refractivity contribution >= 4 is 69.0 Å². The summed E-state index contributed by atoms with van der Waals surface area (Å²) in [4.78, 5) is 11.8. The predicted octanol–water partition coefficient (Wildman–Crippen LogP) is 6.24. The lowest BCUT2D eigenvalue weighted by molar-refractivity contribution is 0.473. The Morgan fingerprint density at radius 2 is 1.69 bits per heavy atom. The zero-order chi connectivity index (χ0) is 20.4. The Morgan fingerprint density at radius 3 is 2.41 bits per heavy atom. The summed E-state index contributed by atoms with van der Waals surface area (Å²) in [6.45, 7) is 0. The number of halogens is 2. The van der Waals surface area contributed by atoms with Crippen LogP contribution in [0.5, 0.6) is 5.75 Å². The molecule has 0 unspecified atom stereocenters. The molecule has 148 valence electrons. The van der Waals surface area contributed by atoms with Crippen LogP contribution in [0.2, 0.25) is 10.0 Å². The summed E-state index contributed by atoms with van der Waals surface area (Å²) in [7, 11) is 0. The number of phenols is 1. The van der Waals surface area contributed by atoms with Gasteiger partial charge < -0.3 is 9.52 Å². The number of phenolic OH excluding ortho intramolecular Hbond substituents is 1. The van der Waals surface area contributed by atoms with Crippen LogP contribution in [-0.4, -0.2) is 15.3 Å². The summed E-state index contributed by atoms with van der Waals surface area (Å²) in [5.41, 5.74) is 1.59. The van der Waals surface area contributed by atoms with Crippen molar-refractivity contribution in [1.29, 1.82) is 0 Å². The quantitative estimate of drug-likeness (QED) is 0.257. The van der Waals surface area contributed by atoms with Gasteiger partial charge in [0.05, 0.1) is 0 Å². The summed E-state index contributed by atoms with van der Waals surface area (Å²) in [5, 5.41) is 20.0. The van der Waals surface area contributed by atoms with Crippen molar-refractivity contribution in [3.63, 3.8) is 0 Å². The zero-order valence-corrected chi connectivity index (χ0v) is 18.6. The van der Waals surface area contributed by atoms with Crippen LogP contribution in [0.4, 0.5) is 0 Å². The van der Waals surface area contributed by atoms with E-state index in [0.29, 0.717) is 27.1 Å². The standard InChI is InChI=1S/C19H12Cl2N2O3S3/c20-14-2-1-3-15(21)13(14)9-28-19-23-22-18(29-19)27-8-10-6-17(25)26-16-7-11(24)4-5-12(10)16/h1-7,24H,8-9H2. The third-order valence-electron chi connectivity index (χ3n) is 3.95. The maximum absolute atomic E-state index is 11.8. The Bertz CT molecular complexity index is 1220. The van der Waals surface area contributed by atoms with E-state index in [1.165, 1.54) is 47.0 Å². The van der Waals surface area contributed by atoms with Crippen LogP contribution >= 0.6 is 58.1 Å². The fraction of sp³-hybridized carbons (Fsp3) is 0.105. The molecule has 0 bridgehead atoms. The molecular weight excluding hydrogens is 471 g/mol. The van der Waals surface area contributed by atoms with E-state index in [-0.39, 0.29) is 5.75 Å². The Balaban J connectivity index is 1.45. The average molecular weight is 483 g/mol. The summed E-state index contributed by atoms with van der Waals surface area (Å²) >= 11 is 16.9. The van der Waals surface area contributed by atoms with Gasteiger partial charge in [-0.1, -0.05) is 64.1 Å². The van der Waals surface area contributed by atoms with Gasteiger partial charge in [-0.3, -0.25) is 0 Å². The number of nitrogens with zero attached hydrogens (tertiary/aromatic N) is 2. The maximum Gasteiger partial charge on any atom is 0.336 e. The monoisotopic (exact) mass is 482 g/mol. The molecule has 29 heavy (non-hydrogen) atoms. The van der Waals surface area contributed by atoms with Crippen molar-refractivity contribution in [3.8, 4) is 5.75 Å². The first-order valence-electron chi connectivity index (χ1n) is 8.27. The summed E-state index contributed by atoms with van der Waals surface area (Å²) in [6, 6.07) is 11.6. The number of fused-ring (bicyclic) bond motifs is 1. The van der Waals surface area contributed by atoms with E-state index in [2.05, 4.69) is 10.2 Å². The van der Waals surface area contributed by atoms with Gasteiger partial charge in [0.2, 0.25) is 0 Å². The second kappa shape index (κ2) is 8.97. The van der Waals surface area contributed by atoms with Crippen molar-refractivity contribution < 1.29 is 9.52 Å². The number of aromatic nitrogens is 2. The average Bonchev–Trinajstić information content (AvgIpc) is 3.13. The minimum Gasteiger partial charge on any atom is -0.508 e. The van der Waals surface area contributed by atoms with Gasteiger partial charge in [-0.05, 0) is 35.4 Å². The number of hydrogen-bond acceptors (Lipinski definition) is 8. The van der Waals surface area contributed by atoms with E-state index in [0.717, 1.165) is 25.2 Å². The fourth-order valence-corrected chi connectivity index (χ4v) is 6.35. The lowest BCUT2D eigenvalue weighted by Gasteiger charge is -2.04. The van der Waals surface area contributed by atoms with Gasteiger partial charge in [0.1, 0.15) is 11.3 Å². The topological polar surface area (TPSA) is 76.2 Å². The number of thioether (sulfide) groups is 2. The molecule has 0 aliphatic carbocycles. The third-order valence-corrected chi connectivity index (χ3v) is 7.93. The molecule has 0 fully saturated rings. The highest BCUT2D eigenvalue weighted by atomic mass is 35.5. The zero-order valence-electron chi connectivity index (χ0n) is 14.6. The highest BCUT2D eigenvalue weighted by Crippen LogP contribution is 2.36. The van der Waals surface area contributed by atoms with Gasteiger partial charge >= 0.3 is 5.63 Å². The molecular formula is C19H12Cl2N2O3S3. The van der Waals surface area contributed by atoms with E-state index in [1.807, 2.05) is 18.2 Å². The highest BCUT2D eigenvalue weighted by Gasteiger charge is 2.12. The second-order valence-corrected chi connectivity index (χ2v) is 10.1. The van der Waals surface area contributed by atoms with Gasteiger partial charge in [-0.25, -0.2) is 4.79 Å². The van der Waals surface area contributed by atoms with Gasteiger partial charge in [0.25, 0.3) is 0 Å². The van der Waals surface area contributed by atoms with Gasteiger partial charge in [0, 0.05) is 39.1 Å². The molecule has 0 spiro atoms. The van der Waals surface area contributed by atoms with E-state index in [4.69, 9.17) is 27.6 Å². The first kappa shape index (κ1) is 20.6. The largest absolute Gasteiger partial charge is 0.508 e. The maximum atomic E-state index is 11.8. The van der Waals surface area contributed by atoms with Crippen molar-refractivity contribution in [2.24, 2.45) is 0 Å². The SMILES string of the molecule is O=c1cc(CSc2nnc(SCc3c(Cl)cccc3Cl)s2)c2ccc(O)cc2o1. The molecule has 0 aliphatic heterocycles. The molecule has 2 heterocycles. The van der Waals surface area contributed by atoms with Crippen molar-refractivity contribution in [3.05, 3.63) is 74.1 Å². The number of aromatic hydroxyl groups is 1. The number of rotatable bonds is 6. The molecule has 5 nitrogen and oxygen atoms in total. The molecule has 0 saturated carbocycles. The normalized spacial score (nSPS) is 11.2. The molecule has 2 aromatic carbocycles. The molecule has 0 radical (unpaired) electrons. The lowest BCUT2D eigenvalue weighted by atomic mass is 10.1. The highest BCUT2D eigenvalue weighted by molar-refractivity contribution is 8.02. The van der Waals surface area contributed by atoms with Crippen LogP contribution in [0.15, 0.2) is 60.4 Å². The molecule has 10 heteroatoms. The molecule has 4 aromatic rings. The fourth-order valence-electron chi connectivity index (χ4n) is 2.60. The van der Waals surface area contributed by atoms with E-state index in [1.54, 1.807) is 12.1 Å². The van der Waals surface area contributed by atoms with E-state index < -0.39 is 5.63 Å². The third kappa shape index (κ3) is 4.90. The van der Waals surface area contributed by atoms with Gasteiger partial charge in [0.15, 0.2) is 8.68 Å². The summed E-state index contributed by atoms with van der Waals surface area (Å²) < 4.78 is 6.76. The molecule has 0 aliphatic rings. The Morgan fingerprint density at radius 1 is 1.00 bits per heavy atom. The minimum absolute atomic E-state index is 0.0508. The Labute approximate surface area is 188 Å². The smallest absolute Gasteiger partial charge is 0.336 e. The molecule has 0 saturated heterocycles. The van der Waals surface area contributed by atoms with Crippen LogP contribution in [-0.2, 0) is 11.5 Å². The van der Waals surface area contributed by atoms with Crippen LogP contribution in [0.25, 0.3) is 11.0 Å². The number of hydrogen-bond donors (Lipinski definition) is 1. The first-order valence-corrected chi connectivity index (χ1v) is 11.8. The van der Waals surface area contributed by atoms with E-state index in [9.17, 15) is 9.90 Å².